The molecule has 4 rings (SSSR count). The lowest BCUT2D eigenvalue weighted by Crippen LogP contribution is -2.60. The van der Waals surface area contributed by atoms with Crippen molar-refractivity contribution in [3.8, 4) is 0 Å². The highest BCUT2D eigenvalue weighted by molar-refractivity contribution is 5.01. The summed E-state index contributed by atoms with van der Waals surface area (Å²) in [5.41, 5.74) is 0.349. The molecule has 5 nitrogen and oxygen atoms in total. The highest BCUT2D eigenvalue weighted by Crippen LogP contribution is 2.43. The zero-order chi connectivity index (χ0) is 18.3. The van der Waals surface area contributed by atoms with Crippen LogP contribution in [0.15, 0.2) is 0 Å². The Balaban J connectivity index is 1.21. The molecular weight excluding hydrogens is 324 g/mol. The molecule has 0 aromatic rings. The summed E-state index contributed by atoms with van der Waals surface area (Å²) in [7, 11) is 0. The standard InChI is InChI=1S/C21H40N4O/c1-17(2)22-5-7-24(8-6-22)20-13-18(20)14-21(3,4)25-11-9-23(10-12-25)19-15-26-16-19/h17-20H,5-16H2,1-4H3. The van der Waals surface area contributed by atoms with Crippen LogP contribution in [0.1, 0.15) is 40.5 Å². The summed E-state index contributed by atoms with van der Waals surface area (Å²) in [5.74, 6) is 0.925. The molecule has 2 atom stereocenters. The monoisotopic (exact) mass is 364 g/mol. The maximum atomic E-state index is 5.37. The molecule has 0 radical (unpaired) electrons. The Morgan fingerprint density at radius 2 is 1.50 bits per heavy atom. The highest BCUT2D eigenvalue weighted by atomic mass is 16.5. The van der Waals surface area contributed by atoms with Crippen molar-refractivity contribution in [3.63, 3.8) is 0 Å². The Morgan fingerprint density at radius 1 is 0.885 bits per heavy atom. The van der Waals surface area contributed by atoms with E-state index in [2.05, 4.69) is 47.3 Å². The largest absolute Gasteiger partial charge is 0.378 e. The molecule has 0 spiro atoms. The van der Waals surface area contributed by atoms with Crippen LogP contribution in [0.3, 0.4) is 0 Å². The van der Waals surface area contributed by atoms with Gasteiger partial charge in [0.05, 0.1) is 19.3 Å². The molecule has 1 saturated carbocycles. The molecule has 5 heteroatoms. The smallest absolute Gasteiger partial charge is 0.0645 e. The first-order chi connectivity index (χ1) is 12.4. The average molecular weight is 365 g/mol. The van der Waals surface area contributed by atoms with Gasteiger partial charge in [0.1, 0.15) is 0 Å². The van der Waals surface area contributed by atoms with E-state index < -0.39 is 0 Å². The maximum Gasteiger partial charge on any atom is 0.0645 e. The number of ether oxygens (including phenoxy) is 1. The molecule has 3 saturated heterocycles. The molecule has 3 aliphatic heterocycles. The van der Waals surface area contributed by atoms with Crippen molar-refractivity contribution in [1.29, 1.82) is 0 Å². The predicted molar refractivity (Wildman–Crippen MR) is 107 cm³/mol. The van der Waals surface area contributed by atoms with E-state index in [9.17, 15) is 0 Å². The summed E-state index contributed by atoms with van der Waals surface area (Å²) in [4.78, 5) is 10.8. The second-order valence-corrected chi connectivity index (χ2v) is 9.96. The number of piperazine rings is 2. The Morgan fingerprint density at radius 3 is 2.04 bits per heavy atom. The fourth-order valence-electron chi connectivity index (χ4n) is 5.38. The van der Waals surface area contributed by atoms with Gasteiger partial charge in [-0.15, -0.1) is 0 Å². The zero-order valence-corrected chi connectivity index (χ0v) is 17.5. The van der Waals surface area contributed by atoms with Gasteiger partial charge in [0, 0.05) is 70.0 Å². The number of hydrogen-bond acceptors (Lipinski definition) is 5. The van der Waals surface area contributed by atoms with Gasteiger partial charge >= 0.3 is 0 Å². The molecule has 4 aliphatic rings. The van der Waals surface area contributed by atoms with Crippen molar-refractivity contribution in [2.24, 2.45) is 5.92 Å². The summed E-state index contributed by atoms with van der Waals surface area (Å²) in [6.07, 6.45) is 2.80. The first-order valence-corrected chi connectivity index (χ1v) is 11.0. The van der Waals surface area contributed by atoms with Gasteiger partial charge in [-0.05, 0) is 46.5 Å². The summed E-state index contributed by atoms with van der Waals surface area (Å²) >= 11 is 0. The van der Waals surface area contributed by atoms with Gasteiger partial charge < -0.3 is 4.74 Å². The lowest BCUT2D eigenvalue weighted by molar-refractivity contribution is -0.0849. The third kappa shape index (κ3) is 4.12. The Kier molecular flexibility index (Phi) is 5.64. The van der Waals surface area contributed by atoms with Crippen molar-refractivity contribution >= 4 is 0 Å². The molecule has 3 heterocycles. The topological polar surface area (TPSA) is 22.2 Å². The molecule has 150 valence electrons. The van der Waals surface area contributed by atoms with Crippen LogP contribution in [0.2, 0.25) is 0 Å². The maximum absolute atomic E-state index is 5.37. The highest BCUT2D eigenvalue weighted by Gasteiger charge is 2.46. The molecule has 0 bridgehead atoms. The molecule has 0 aromatic heterocycles. The summed E-state index contributed by atoms with van der Waals surface area (Å²) < 4.78 is 5.37. The zero-order valence-electron chi connectivity index (χ0n) is 17.5. The average Bonchev–Trinajstić information content (AvgIpc) is 3.32. The normalized spacial score (nSPS) is 33.6. The van der Waals surface area contributed by atoms with E-state index in [1.54, 1.807) is 0 Å². The quantitative estimate of drug-likeness (QED) is 0.712. The van der Waals surface area contributed by atoms with Gasteiger partial charge in [-0.25, -0.2) is 0 Å². The van der Waals surface area contributed by atoms with Crippen molar-refractivity contribution in [3.05, 3.63) is 0 Å². The van der Waals surface area contributed by atoms with Gasteiger partial charge in [-0.2, -0.15) is 0 Å². The van der Waals surface area contributed by atoms with Crippen LogP contribution < -0.4 is 0 Å². The van der Waals surface area contributed by atoms with Crippen LogP contribution in [0.5, 0.6) is 0 Å². The van der Waals surface area contributed by atoms with Crippen LogP contribution in [-0.4, -0.2) is 109 Å². The minimum Gasteiger partial charge on any atom is -0.378 e. The third-order valence-electron chi connectivity index (χ3n) is 7.50. The lowest BCUT2D eigenvalue weighted by atomic mass is 9.93. The SMILES string of the molecule is CC(C)N1CCN(C2CC2CC(C)(C)N2CCN(C3COC3)CC2)CC1. The fraction of sp³-hybridized carbons (Fsp3) is 1.00. The third-order valence-corrected chi connectivity index (χ3v) is 7.50. The first-order valence-electron chi connectivity index (χ1n) is 11.0. The Bertz CT molecular complexity index is 463. The van der Waals surface area contributed by atoms with E-state index in [-0.39, 0.29) is 0 Å². The van der Waals surface area contributed by atoms with Gasteiger partial charge in [0.25, 0.3) is 0 Å². The Hall–Kier alpha value is -0.200. The molecule has 26 heavy (non-hydrogen) atoms. The first kappa shape index (κ1) is 19.1. The molecule has 1 aliphatic carbocycles. The van der Waals surface area contributed by atoms with E-state index in [4.69, 9.17) is 4.74 Å². The van der Waals surface area contributed by atoms with Crippen LogP contribution >= 0.6 is 0 Å². The minimum absolute atomic E-state index is 0.349. The lowest BCUT2D eigenvalue weighted by Gasteiger charge is -2.47. The van der Waals surface area contributed by atoms with Gasteiger partial charge in [0.2, 0.25) is 0 Å². The number of rotatable bonds is 6. The summed E-state index contributed by atoms with van der Waals surface area (Å²) in [6, 6.07) is 2.28. The molecule has 0 amide bonds. The van der Waals surface area contributed by atoms with Crippen molar-refractivity contribution in [1.82, 2.24) is 19.6 Å². The fourth-order valence-corrected chi connectivity index (χ4v) is 5.38. The van der Waals surface area contributed by atoms with Crippen LogP contribution in [0, 0.1) is 5.92 Å². The molecule has 0 aromatic carbocycles. The second kappa shape index (κ2) is 7.67. The second-order valence-electron chi connectivity index (χ2n) is 9.96. The van der Waals surface area contributed by atoms with Crippen LogP contribution in [0.4, 0.5) is 0 Å². The van der Waals surface area contributed by atoms with Gasteiger partial charge in [-0.3, -0.25) is 19.6 Å². The summed E-state index contributed by atoms with van der Waals surface area (Å²) in [6.45, 7) is 21.5. The summed E-state index contributed by atoms with van der Waals surface area (Å²) in [5, 5.41) is 0. The molecule has 2 unspecified atom stereocenters. The molecule has 0 N–H and O–H groups in total. The van der Waals surface area contributed by atoms with Crippen LogP contribution in [0.25, 0.3) is 0 Å². The van der Waals surface area contributed by atoms with Gasteiger partial charge in [0.15, 0.2) is 0 Å². The van der Waals surface area contributed by atoms with E-state index in [0.717, 1.165) is 25.2 Å². The Labute approximate surface area is 160 Å². The van der Waals surface area contributed by atoms with E-state index >= 15 is 0 Å². The van der Waals surface area contributed by atoms with Gasteiger partial charge in [-0.1, -0.05) is 0 Å². The van der Waals surface area contributed by atoms with Crippen molar-refractivity contribution in [2.75, 3.05) is 65.6 Å². The number of nitrogens with zero attached hydrogens (tertiary/aromatic N) is 4. The van der Waals surface area contributed by atoms with E-state index in [1.807, 2.05) is 0 Å². The van der Waals surface area contributed by atoms with E-state index in [0.29, 0.717) is 17.6 Å². The number of hydrogen-bond donors (Lipinski definition) is 0. The molecular formula is C21H40N4O. The van der Waals surface area contributed by atoms with Crippen LogP contribution in [-0.2, 0) is 4.74 Å². The van der Waals surface area contributed by atoms with E-state index in [1.165, 1.54) is 65.2 Å². The van der Waals surface area contributed by atoms with Crippen molar-refractivity contribution in [2.45, 2.75) is 64.2 Å². The van der Waals surface area contributed by atoms with Crippen molar-refractivity contribution < 1.29 is 4.74 Å². The molecule has 4 fully saturated rings. The predicted octanol–water partition coefficient (Wildman–Crippen LogP) is 1.59. The minimum atomic E-state index is 0.349.